The van der Waals surface area contributed by atoms with Gasteiger partial charge < -0.3 is 4.84 Å². The van der Waals surface area contributed by atoms with Crippen LogP contribution in [0.2, 0.25) is 0 Å². The first kappa shape index (κ1) is 26.3. The Morgan fingerprint density at radius 2 is 1.25 bits per heavy atom. The van der Waals surface area contributed by atoms with Gasteiger partial charge in [-0.3, -0.25) is 4.79 Å². The Bertz CT molecular complexity index is 283. The topological polar surface area (TPSA) is 38.3 Å². The van der Waals surface area contributed by atoms with Gasteiger partial charge in [-0.15, -0.1) is 0 Å². The molecule has 0 aliphatic rings. The predicted octanol–water partition coefficient (Wildman–Crippen LogP) is 6.09. The first-order valence-corrected chi connectivity index (χ1v) is 9.82. The SMILES string of the molecule is CCCCCCCC/C=C\CCCCCCCCNOC(C)=O.[Cd]. The number of rotatable bonds is 17. The molecule has 138 valence electrons. The summed E-state index contributed by atoms with van der Waals surface area (Å²) < 4.78 is 0. The van der Waals surface area contributed by atoms with E-state index in [4.69, 9.17) is 0 Å². The average Bonchev–Trinajstić information content (AvgIpc) is 2.53. The minimum atomic E-state index is -0.269. The van der Waals surface area contributed by atoms with Crippen molar-refractivity contribution in [2.75, 3.05) is 6.54 Å². The standard InChI is InChI=1S/C20H39NO2.Cd/c1-3-4-5-6-7-8-9-10-11-12-13-14-15-16-17-18-19-21-23-20(2)22;/h10-11,21H,3-9,12-19H2,1-2H3;/b11-10-;. The fraction of sp³-hybridized carbons (Fsp3) is 0.850. The van der Waals surface area contributed by atoms with Crippen molar-refractivity contribution in [1.29, 1.82) is 0 Å². The Hall–Kier alpha value is 0.0921. The van der Waals surface area contributed by atoms with Crippen LogP contribution < -0.4 is 5.48 Å². The molecule has 0 bridgehead atoms. The Morgan fingerprint density at radius 3 is 1.75 bits per heavy atom. The van der Waals surface area contributed by atoms with E-state index in [1.54, 1.807) is 0 Å². The van der Waals surface area contributed by atoms with Gasteiger partial charge in [0.05, 0.1) is 0 Å². The van der Waals surface area contributed by atoms with Crippen LogP contribution in [0, 0.1) is 0 Å². The maximum absolute atomic E-state index is 10.5. The number of carbonyl (C=O) groups is 1. The first-order chi connectivity index (χ1) is 11.3. The van der Waals surface area contributed by atoms with Crippen molar-refractivity contribution in [2.24, 2.45) is 0 Å². The fourth-order valence-corrected chi connectivity index (χ4v) is 2.60. The smallest absolute Gasteiger partial charge is 0.321 e. The van der Waals surface area contributed by atoms with Crippen LogP contribution in [0.1, 0.15) is 104 Å². The Balaban J connectivity index is 0. The van der Waals surface area contributed by atoms with Crippen molar-refractivity contribution >= 4 is 5.97 Å². The van der Waals surface area contributed by atoms with Crippen molar-refractivity contribution in [3.63, 3.8) is 0 Å². The number of hydroxylamine groups is 1. The molecule has 0 heterocycles. The van der Waals surface area contributed by atoms with E-state index < -0.39 is 0 Å². The van der Waals surface area contributed by atoms with E-state index in [2.05, 4.69) is 29.4 Å². The molecule has 0 saturated heterocycles. The van der Waals surface area contributed by atoms with Crippen LogP contribution in [0.5, 0.6) is 0 Å². The van der Waals surface area contributed by atoms with Crippen molar-refractivity contribution in [3.8, 4) is 0 Å². The fourth-order valence-electron chi connectivity index (χ4n) is 2.60. The minimum Gasteiger partial charge on any atom is -0.371 e. The molecule has 1 N–H and O–H groups in total. The van der Waals surface area contributed by atoms with Crippen LogP contribution in [0.25, 0.3) is 0 Å². The van der Waals surface area contributed by atoms with Gasteiger partial charge in [-0.05, 0) is 32.1 Å². The van der Waals surface area contributed by atoms with Crippen LogP contribution >= 0.6 is 0 Å². The molecule has 0 amide bonds. The molecule has 0 aliphatic heterocycles. The second kappa shape index (κ2) is 23.1. The zero-order valence-electron chi connectivity index (χ0n) is 16.3. The van der Waals surface area contributed by atoms with Gasteiger partial charge in [0.1, 0.15) is 0 Å². The number of carbonyl (C=O) groups excluding carboxylic acids is 1. The summed E-state index contributed by atoms with van der Waals surface area (Å²) in [5.74, 6) is -0.269. The zero-order chi connectivity index (χ0) is 17.0. The molecule has 0 aromatic heterocycles. The predicted molar refractivity (Wildman–Crippen MR) is 99.2 cm³/mol. The quantitative estimate of drug-likeness (QED) is 0.129. The summed E-state index contributed by atoms with van der Waals surface area (Å²) in [7, 11) is 0. The largest absolute Gasteiger partial charge is 0.371 e. The molecule has 0 unspecified atom stereocenters. The van der Waals surface area contributed by atoms with Crippen LogP contribution in [0.4, 0.5) is 0 Å². The maximum Gasteiger partial charge on any atom is 0.321 e. The molecule has 0 saturated carbocycles. The van der Waals surface area contributed by atoms with Crippen LogP contribution in [-0.2, 0) is 36.9 Å². The molecule has 0 atom stereocenters. The summed E-state index contributed by atoms with van der Waals surface area (Å²) in [5.41, 5.74) is 2.68. The summed E-state index contributed by atoms with van der Waals surface area (Å²) in [6.45, 7) is 4.45. The van der Waals surface area contributed by atoms with Gasteiger partial charge in [-0.2, -0.15) is 5.48 Å². The zero-order valence-corrected chi connectivity index (χ0v) is 20.3. The summed E-state index contributed by atoms with van der Waals surface area (Å²) in [6.07, 6.45) is 23.1. The van der Waals surface area contributed by atoms with Gasteiger partial charge in [0.15, 0.2) is 0 Å². The summed E-state index contributed by atoms with van der Waals surface area (Å²) in [6, 6.07) is 0. The van der Waals surface area contributed by atoms with Gasteiger partial charge in [-0.1, -0.05) is 76.9 Å². The van der Waals surface area contributed by atoms with Gasteiger partial charge in [0.25, 0.3) is 0 Å². The number of hydrogen-bond acceptors (Lipinski definition) is 3. The second-order valence-corrected chi connectivity index (χ2v) is 6.43. The van der Waals surface area contributed by atoms with Crippen LogP contribution in [-0.4, -0.2) is 12.5 Å². The third-order valence-corrected chi connectivity index (χ3v) is 4.01. The third kappa shape index (κ3) is 24.3. The van der Waals surface area contributed by atoms with Gasteiger partial charge in [0, 0.05) is 40.8 Å². The summed E-state index contributed by atoms with van der Waals surface area (Å²) in [5, 5.41) is 0. The van der Waals surface area contributed by atoms with E-state index in [-0.39, 0.29) is 33.3 Å². The van der Waals surface area contributed by atoms with Gasteiger partial charge in [-0.25, -0.2) is 0 Å². The number of unbranched alkanes of at least 4 members (excludes halogenated alkanes) is 12. The van der Waals surface area contributed by atoms with E-state index >= 15 is 0 Å². The van der Waals surface area contributed by atoms with E-state index in [0.717, 1.165) is 13.0 Å². The number of nitrogens with one attached hydrogen (secondary N) is 1. The van der Waals surface area contributed by atoms with Crippen LogP contribution in [0.3, 0.4) is 0 Å². The van der Waals surface area contributed by atoms with Crippen LogP contribution in [0.15, 0.2) is 12.2 Å². The van der Waals surface area contributed by atoms with Crippen molar-refractivity contribution < 1.29 is 36.9 Å². The molecule has 0 radical (unpaired) electrons. The molecule has 0 aromatic carbocycles. The van der Waals surface area contributed by atoms with E-state index in [1.807, 2.05) is 0 Å². The maximum atomic E-state index is 10.5. The van der Waals surface area contributed by atoms with E-state index in [1.165, 1.54) is 90.4 Å². The Morgan fingerprint density at radius 1 is 0.792 bits per heavy atom. The second-order valence-electron chi connectivity index (χ2n) is 6.43. The molecule has 0 aliphatic carbocycles. The molecule has 4 heteroatoms. The Kier molecular flexibility index (Phi) is 25.3. The van der Waals surface area contributed by atoms with Gasteiger partial charge in [0.2, 0.25) is 0 Å². The van der Waals surface area contributed by atoms with Crippen molar-refractivity contribution in [3.05, 3.63) is 12.2 Å². The summed E-state index contributed by atoms with van der Waals surface area (Å²) >= 11 is 0. The normalized spacial score (nSPS) is 10.8. The molecule has 3 nitrogen and oxygen atoms in total. The molecule has 0 spiro atoms. The van der Waals surface area contributed by atoms with Gasteiger partial charge >= 0.3 is 5.97 Å². The first-order valence-electron chi connectivity index (χ1n) is 9.82. The summed E-state index contributed by atoms with van der Waals surface area (Å²) in [4.78, 5) is 15.2. The van der Waals surface area contributed by atoms with Crippen molar-refractivity contribution in [2.45, 2.75) is 104 Å². The molecule has 24 heavy (non-hydrogen) atoms. The Labute approximate surface area is 170 Å². The molecule has 0 aromatic rings. The van der Waals surface area contributed by atoms with Crippen molar-refractivity contribution in [1.82, 2.24) is 5.48 Å². The van der Waals surface area contributed by atoms with E-state index in [9.17, 15) is 4.79 Å². The number of hydrogen-bond donors (Lipinski definition) is 1. The average molecular weight is 438 g/mol. The van der Waals surface area contributed by atoms with E-state index in [0.29, 0.717) is 0 Å². The minimum absolute atomic E-state index is 0. The molecule has 0 fully saturated rings. The third-order valence-electron chi connectivity index (χ3n) is 4.01. The molecular weight excluding hydrogens is 399 g/mol. The number of allylic oxidation sites excluding steroid dienone is 2. The molecule has 0 rings (SSSR count). The molecular formula is C20H39CdNO2. The monoisotopic (exact) mass is 439 g/mol.